The van der Waals surface area contributed by atoms with E-state index in [2.05, 4.69) is 15.6 Å². The van der Waals surface area contributed by atoms with E-state index in [9.17, 15) is 13.2 Å². The Bertz CT molecular complexity index is 454. The minimum Gasteiger partial charge on any atom is -0.475 e. The van der Waals surface area contributed by atoms with Crippen molar-refractivity contribution in [3.8, 4) is 0 Å². The van der Waals surface area contributed by atoms with Crippen LogP contribution in [0.3, 0.4) is 0 Å². The van der Waals surface area contributed by atoms with E-state index in [0.29, 0.717) is 11.0 Å². The van der Waals surface area contributed by atoms with Crippen molar-refractivity contribution in [3.63, 3.8) is 0 Å². The summed E-state index contributed by atoms with van der Waals surface area (Å²) in [5.41, 5.74) is 4.43. The van der Waals surface area contributed by atoms with Gasteiger partial charge in [0, 0.05) is 5.56 Å². The number of nitrogens with zero attached hydrogens (tertiary/aromatic N) is 2. The van der Waals surface area contributed by atoms with Gasteiger partial charge >= 0.3 is 12.1 Å². The van der Waals surface area contributed by atoms with E-state index >= 15 is 0 Å². The van der Waals surface area contributed by atoms with Gasteiger partial charge in [-0.05, 0) is 18.9 Å². The molecule has 0 aliphatic carbocycles. The van der Waals surface area contributed by atoms with Crippen LogP contribution in [0.15, 0.2) is 0 Å². The predicted octanol–water partition coefficient (Wildman–Crippen LogP) is 1.92. The Hall–Kier alpha value is -1.61. The number of carboxylic acids is 1. The zero-order valence-corrected chi connectivity index (χ0v) is 10.8. The predicted molar refractivity (Wildman–Crippen MR) is 62.7 cm³/mol. The van der Waals surface area contributed by atoms with Crippen LogP contribution in [0.2, 0.25) is 5.15 Å². The minimum atomic E-state index is -5.08. The highest BCUT2D eigenvalue weighted by Gasteiger charge is 2.38. The second-order valence-corrected chi connectivity index (χ2v) is 3.60. The number of hydrogen-bond donors (Lipinski definition) is 3. The van der Waals surface area contributed by atoms with E-state index in [1.54, 1.807) is 0 Å². The van der Waals surface area contributed by atoms with Gasteiger partial charge in [0.05, 0.1) is 0 Å². The van der Waals surface area contributed by atoms with E-state index in [1.807, 2.05) is 13.8 Å². The standard InChI is InChI=1S/C7H11ClN4.C2HF3O2/c1-3-5-4(2)6(8)11-12-7(5)10-9;3-2(4,5)1(6)7/h3,9H2,1-2H3,(H,10,12);(H,6,7). The van der Waals surface area contributed by atoms with E-state index in [0.717, 1.165) is 17.5 Å². The van der Waals surface area contributed by atoms with Crippen molar-refractivity contribution in [2.45, 2.75) is 26.4 Å². The number of hydrazine groups is 1. The van der Waals surface area contributed by atoms with E-state index in [4.69, 9.17) is 27.3 Å². The molecule has 1 rings (SSSR count). The van der Waals surface area contributed by atoms with Crippen LogP contribution in [0.25, 0.3) is 0 Å². The smallest absolute Gasteiger partial charge is 0.475 e. The second kappa shape index (κ2) is 7.10. The number of halogens is 4. The quantitative estimate of drug-likeness (QED) is 0.570. The largest absolute Gasteiger partial charge is 0.490 e. The van der Waals surface area contributed by atoms with Gasteiger partial charge < -0.3 is 10.5 Å². The molecule has 0 saturated carbocycles. The molecular weight excluding hydrogens is 289 g/mol. The number of aliphatic carboxylic acids is 1. The number of carbonyl (C=O) groups is 1. The summed E-state index contributed by atoms with van der Waals surface area (Å²) in [6.07, 6.45) is -4.25. The van der Waals surface area contributed by atoms with Crippen molar-refractivity contribution < 1.29 is 23.1 Å². The maximum Gasteiger partial charge on any atom is 0.490 e. The van der Waals surface area contributed by atoms with Crippen molar-refractivity contribution in [1.29, 1.82) is 0 Å². The van der Waals surface area contributed by atoms with Crippen molar-refractivity contribution in [1.82, 2.24) is 10.2 Å². The first-order valence-corrected chi connectivity index (χ1v) is 5.31. The fourth-order valence-corrected chi connectivity index (χ4v) is 1.23. The average Bonchev–Trinajstić information content (AvgIpc) is 2.32. The molecule has 0 spiro atoms. The molecule has 0 radical (unpaired) electrons. The zero-order chi connectivity index (χ0) is 15.2. The lowest BCUT2D eigenvalue weighted by molar-refractivity contribution is -0.192. The van der Waals surface area contributed by atoms with Gasteiger partial charge in [-0.25, -0.2) is 10.6 Å². The molecule has 0 amide bonds. The van der Waals surface area contributed by atoms with Gasteiger partial charge in [-0.15, -0.1) is 10.2 Å². The summed E-state index contributed by atoms with van der Waals surface area (Å²) in [6.45, 7) is 3.91. The maximum absolute atomic E-state index is 10.6. The molecule has 0 aliphatic rings. The Morgan fingerprint density at radius 3 is 2.26 bits per heavy atom. The molecule has 10 heteroatoms. The summed E-state index contributed by atoms with van der Waals surface area (Å²) in [7, 11) is 0. The van der Waals surface area contributed by atoms with Crippen LogP contribution in [0.4, 0.5) is 19.0 Å². The molecule has 1 aromatic heterocycles. The molecule has 0 fully saturated rings. The number of anilines is 1. The first-order chi connectivity index (χ1) is 8.65. The SMILES string of the molecule is CCc1c(NN)nnc(Cl)c1C.O=C(O)C(F)(F)F. The lowest BCUT2D eigenvalue weighted by Crippen LogP contribution is -2.21. The van der Waals surface area contributed by atoms with E-state index in [1.165, 1.54) is 0 Å². The van der Waals surface area contributed by atoms with Crippen LogP contribution >= 0.6 is 11.6 Å². The highest BCUT2D eigenvalue weighted by molar-refractivity contribution is 6.30. The Morgan fingerprint density at radius 1 is 1.47 bits per heavy atom. The zero-order valence-electron chi connectivity index (χ0n) is 10.0. The third-order valence-corrected chi connectivity index (χ3v) is 2.38. The van der Waals surface area contributed by atoms with Gasteiger partial charge in [0.2, 0.25) is 0 Å². The molecule has 0 bridgehead atoms. The molecule has 0 saturated heterocycles. The van der Waals surface area contributed by atoms with Crippen molar-refractivity contribution in [2.75, 3.05) is 5.43 Å². The summed E-state index contributed by atoms with van der Waals surface area (Å²) >= 11 is 5.78. The molecule has 19 heavy (non-hydrogen) atoms. The number of aromatic nitrogens is 2. The third kappa shape index (κ3) is 5.26. The summed E-state index contributed by atoms with van der Waals surface area (Å²) in [4.78, 5) is 8.90. The van der Waals surface area contributed by atoms with Crippen LogP contribution in [0.1, 0.15) is 18.1 Å². The molecule has 0 aliphatic heterocycles. The van der Waals surface area contributed by atoms with Crippen molar-refractivity contribution in [3.05, 3.63) is 16.3 Å². The van der Waals surface area contributed by atoms with Crippen LogP contribution in [0, 0.1) is 6.92 Å². The second-order valence-electron chi connectivity index (χ2n) is 3.24. The number of carboxylic acid groups (broad SMARTS) is 1. The van der Waals surface area contributed by atoms with Gasteiger partial charge in [0.1, 0.15) is 0 Å². The molecule has 0 unspecified atom stereocenters. The number of nitrogen functional groups attached to an aromatic ring is 1. The molecular formula is C9H12ClF3N4O2. The molecule has 4 N–H and O–H groups in total. The summed E-state index contributed by atoms with van der Waals surface area (Å²) in [6, 6.07) is 0. The highest BCUT2D eigenvalue weighted by Crippen LogP contribution is 2.21. The molecule has 6 nitrogen and oxygen atoms in total. The molecule has 108 valence electrons. The Kier molecular flexibility index (Phi) is 6.49. The number of nitrogens with two attached hydrogens (primary N) is 1. The summed E-state index contributed by atoms with van der Waals surface area (Å²) in [5.74, 6) is 3.09. The van der Waals surface area contributed by atoms with Gasteiger partial charge in [-0.1, -0.05) is 18.5 Å². The fraction of sp³-hybridized carbons (Fsp3) is 0.444. The minimum absolute atomic E-state index is 0.436. The summed E-state index contributed by atoms with van der Waals surface area (Å²) < 4.78 is 31.7. The van der Waals surface area contributed by atoms with Gasteiger partial charge in [0.25, 0.3) is 0 Å². The van der Waals surface area contributed by atoms with E-state index < -0.39 is 12.1 Å². The first-order valence-electron chi connectivity index (χ1n) is 4.93. The Labute approximate surface area is 111 Å². The fourth-order valence-electron chi connectivity index (χ4n) is 1.08. The number of rotatable bonds is 2. The Balaban J connectivity index is 0.000000399. The molecule has 0 atom stereocenters. The lowest BCUT2D eigenvalue weighted by Gasteiger charge is -2.08. The first kappa shape index (κ1) is 17.4. The topological polar surface area (TPSA) is 101 Å². The average molecular weight is 301 g/mol. The van der Waals surface area contributed by atoms with Gasteiger partial charge in [-0.3, -0.25) is 0 Å². The van der Waals surface area contributed by atoms with Crippen molar-refractivity contribution in [2.24, 2.45) is 5.84 Å². The van der Waals surface area contributed by atoms with Crippen molar-refractivity contribution >= 4 is 23.4 Å². The van der Waals surface area contributed by atoms with Crippen LogP contribution in [-0.4, -0.2) is 27.4 Å². The number of hydrogen-bond acceptors (Lipinski definition) is 5. The lowest BCUT2D eigenvalue weighted by atomic mass is 10.1. The third-order valence-electron chi connectivity index (χ3n) is 2.02. The Morgan fingerprint density at radius 2 is 1.95 bits per heavy atom. The highest BCUT2D eigenvalue weighted by atomic mass is 35.5. The van der Waals surface area contributed by atoms with Gasteiger partial charge in [0.15, 0.2) is 11.0 Å². The number of alkyl halides is 3. The van der Waals surface area contributed by atoms with Gasteiger partial charge in [-0.2, -0.15) is 13.2 Å². The van der Waals surface area contributed by atoms with Crippen LogP contribution in [0.5, 0.6) is 0 Å². The van der Waals surface area contributed by atoms with Crippen LogP contribution < -0.4 is 11.3 Å². The molecule has 1 aromatic rings. The number of nitrogens with one attached hydrogen (secondary N) is 1. The summed E-state index contributed by atoms with van der Waals surface area (Å²) in [5, 5.41) is 15.1. The molecule has 0 aromatic carbocycles. The maximum atomic E-state index is 10.6. The molecule has 1 heterocycles. The monoisotopic (exact) mass is 300 g/mol. The van der Waals surface area contributed by atoms with Crippen LogP contribution in [-0.2, 0) is 11.2 Å². The normalized spacial score (nSPS) is 10.5. The van der Waals surface area contributed by atoms with E-state index in [-0.39, 0.29) is 0 Å².